The molecule has 0 amide bonds. The summed E-state index contributed by atoms with van der Waals surface area (Å²) in [6, 6.07) is 7.77. The quantitative estimate of drug-likeness (QED) is 0.611. The maximum Gasteiger partial charge on any atom is 0.191 e. The van der Waals surface area contributed by atoms with Gasteiger partial charge in [0.1, 0.15) is 10.1 Å². The summed E-state index contributed by atoms with van der Waals surface area (Å²) in [5.41, 5.74) is 1.01. The average molecular weight is 344 g/mol. The lowest BCUT2D eigenvalue weighted by Crippen LogP contribution is -1.98. The number of thioether (sulfide) groups is 1. The number of nitrogens with zero attached hydrogens (tertiary/aromatic N) is 3. The Labute approximate surface area is 137 Å². The average Bonchev–Trinajstić information content (AvgIpc) is 2.92. The van der Waals surface area contributed by atoms with E-state index >= 15 is 0 Å². The fraction of sp³-hybridized carbons (Fsp3) is 0.429. The number of rotatable bonds is 5. The van der Waals surface area contributed by atoms with Crippen molar-refractivity contribution in [2.45, 2.75) is 15.9 Å². The SMILES string of the molecule is COc1ccc(-c2nnc(SCC3CC3(Cl)Cl)n2C)cc1. The van der Waals surface area contributed by atoms with E-state index in [4.69, 9.17) is 27.9 Å². The van der Waals surface area contributed by atoms with Gasteiger partial charge >= 0.3 is 0 Å². The van der Waals surface area contributed by atoms with Gasteiger partial charge in [-0.3, -0.25) is 0 Å². The lowest BCUT2D eigenvalue weighted by molar-refractivity contribution is 0.415. The van der Waals surface area contributed by atoms with E-state index in [1.807, 2.05) is 35.9 Å². The molecule has 1 saturated carbocycles. The first kappa shape index (κ1) is 15.0. The zero-order valence-corrected chi connectivity index (χ0v) is 14.0. The highest BCUT2D eigenvalue weighted by Gasteiger charge is 2.51. The molecule has 1 atom stereocenters. The zero-order valence-electron chi connectivity index (χ0n) is 11.7. The predicted octanol–water partition coefficient (Wildman–Crippen LogP) is 3.78. The van der Waals surface area contributed by atoms with Crippen molar-refractivity contribution in [3.05, 3.63) is 24.3 Å². The van der Waals surface area contributed by atoms with E-state index in [9.17, 15) is 0 Å². The fourth-order valence-electron chi connectivity index (χ4n) is 2.06. The van der Waals surface area contributed by atoms with E-state index in [0.717, 1.165) is 34.5 Å². The Bertz CT molecular complexity index is 642. The predicted molar refractivity (Wildman–Crippen MR) is 86.3 cm³/mol. The first-order valence-corrected chi connectivity index (χ1v) is 8.30. The Morgan fingerprint density at radius 2 is 2.00 bits per heavy atom. The largest absolute Gasteiger partial charge is 0.497 e. The Kier molecular flexibility index (Phi) is 4.08. The van der Waals surface area contributed by atoms with E-state index in [0.29, 0.717) is 5.92 Å². The molecule has 0 spiro atoms. The molecular formula is C14H15Cl2N3OS. The zero-order chi connectivity index (χ0) is 15.0. The van der Waals surface area contributed by atoms with Crippen LogP contribution in [0.15, 0.2) is 29.4 Å². The molecule has 1 aromatic heterocycles. The first-order valence-electron chi connectivity index (χ1n) is 6.55. The highest BCUT2D eigenvalue weighted by atomic mass is 35.5. The van der Waals surface area contributed by atoms with Crippen LogP contribution in [0.3, 0.4) is 0 Å². The van der Waals surface area contributed by atoms with Crippen molar-refractivity contribution in [1.82, 2.24) is 14.8 Å². The monoisotopic (exact) mass is 343 g/mol. The van der Waals surface area contributed by atoms with Gasteiger partial charge < -0.3 is 9.30 Å². The van der Waals surface area contributed by atoms with Gasteiger partial charge in [-0.25, -0.2) is 0 Å². The smallest absolute Gasteiger partial charge is 0.191 e. The third kappa shape index (κ3) is 3.15. The topological polar surface area (TPSA) is 39.9 Å². The summed E-state index contributed by atoms with van der Waals surface area (Å²) in [7, 11) is 3.61. The number of hydrogen-bond acceptors (Lipinski definition) is 4. The Morgan fingerprint density at radius 3 is 2.57 bits per heavy atom. The Morgan fingerprint density at radius 1 is 1.33 bits per heavy atom. The standard InChI is InChI=1S/C14H15Cl2N3OS/c1-19-12(9-3-5-11(20-2)6-4-9)17-18-13(19)21-8-10-7-14(10,15)16/h3-6,10H,7-8H2,1-2H3. The van der Waals surface area contributed by atoms with Crippen LogP contribution in [-0.2, 0) is 7.05 Å². The molecule has 1 heterocycles. The van der Waals surface area contributed by atoms with Crippen LogP contribution >= 0.6 is 35.0 Å². The number of halogens is 2. The summed E-state index contributed by atoms with van der Waals surface area (Å²) in [5, 5.41) is 9.37. The summed E-state index contributed by atoms with van der Waals surface area (Å²) < 4.78 is 6.61. The van der Waals surface area contributed by atoms with Crippen LogP contribution in [-0.4, -0.2) is 32.0 Å². The van der Waals surface area contributed by atoms with E-state index in [1.54, 1.807) is 18.9 Å². The molecule has 0 bridgehead atoms. The minimum absolute atomic E-state index is 0.340. The van der Waals surface area contributed by atoms with Gasteiger partial charge in [-0.1, -0.05) is 11.8 Å². The number of alkyl halides is 2. The van der Waals surface area contributed by atoms with Gasteiger partial charge in [-0.05, 0) is 30.7 Å². The van der Waals surface area contributed by atoms with Crippen LogP contribution in [0, 0.1) is 5.92 Å². The third-order valence-electron chi connectivity index (χ3n) is 3.55. The maximum atomic E-state index is 6.04. The van der Waals surface area contributed by atoms with Gasteiger partial charge in [0, 0.05) is 24.3 Å². The van der Waals surface area contributed by atoms with Crippen LogP contribution < -0.4 is 4.74 Å². The lowest BCUT2D eigenvalue weighted by atomic mass is 10.2. The van der Waals surface area contributed by atoms with Crippen molar-refractivity contribution in [1.29, 1.82) is 0 Å². The van der Waals surface area contributed by atoms with Crippen molar-refractivity contribution >= 4 is 35.0 Å². The lowest BCUT2D eigenvalue weighted by Gasteiger charge is -2.05. The second-order valence-corrected chi connectivity index (χ2v) is 7.60. The molecule has 1 aromatic carbocycles. The highest BCUT2D eigenvalue weighted by molar-refractivity contribution is 7.99. The number of aromatic nitrogens is 3. The van der Waals surface area contributed by atoms with Crippen molar-refractivity contribution in [2.24, 2.45) is 13.0 Å². The molecule has 1 unspecified atom stereocenters. The third-order valence-corrected chi connectivity index (χ3v) is 5.66. The van der Waals surface area contributed by atoms with Crippen LogP contribution in [0.2, 0.25) is 0 Å². The minimum Gasteiger partial charge on any atom is -0.497 e. The Hall–Kier alpha value is -0.910. The van der Waals surface area contributed by atoms with E-state index in [2.05, 4.69) is 10.2 Å². The molecule has 21 heavy (non-hydrogen) atoms. The second-order valence-electron chi connectivity index (χ2n) is 5.07. The number of hydrogen-bond donors (Lipinski definition) is 0. The first-order chi connectivity index (χ1) is 10.0. The van der Waals surface area contributed by atoms with Gasteiger partial charge in [-0.15, -0.1) is 33.4 Å². The summed E-state index contributed by atoms with van der Waals surface area (Å²) >= 11 is 13.7. The summed E-state index contributed by atoms with van der Waals surface area (Å²) in [6.45, 7) is 0. The molecule has 1 fully saturated rings. The minimum atomic E-state index is -0.537. The van der Waals surface area contributed by atoms with Gasteiger partial charge in [0.15, 0.2) is 11.0 Å². The fourth-order valence-corrected chi connectivity index (χ4v) is 3.90. The van der Waals surface area contributed by atoms with E-state index in [-0.39, 0.29) is 0 Å². The Balaban J connectivity index is 1.72. The van der Waals surface area contributed by atoms with Crippen molar-refractivity contribution < 1.29 is 4.74 Å². The van der Waals surface area contributed by atoms with Crippen molar-refractivity contribution in [3.63, 3.8) is 0 Å². The number of ether oxygens (including phenoxy) is 1. The highest BCUT2D eigenvalue weighted by Crippen LogP contribution is 2.54. The maximum absolute atomic E-state index is 6.04. The van der Waals surface area contributed by atoms with Gasteiger partial charge in [-0.2, -0.15) is 0 Å². The van der Waals surface area contributed by atoms with Gasteiger partial charge in [0.05, 0.1) is 7.11 Å². The molecule has 0 radical (unpaired) electrons. The number of methoxy groups -OCH3 is 1. The van der Waals surface area contributed by atoms with E-state index < -0.39 is 4.33 Å². The molecule has 0 N–H and O–H groups in total. The summed E-state index contributed by atoms with van der Waals surface area (Å²) in [4.78, 5) is 0. The molecule has 0 aliphatic heterocycles. The number of benzene rings is 1. The second kappa shape index (κ2) is 5.71. The van der Waals surface area contributed by atoms with Crippen molar-refractivity contribution in [2.75, 3.05) is 12.9 Å². The molecule has 7 heteroatoms. The normalized spacial score (nSPS) is 19.5. The van der Waals surface area contributed by atoms with Crippen LogP contribution in [0.1, 0.15) is 6.42 Å². The molecule has 1 aliphatic carbocycles. The summed E-state index contributed by atoms with van der Waals surface area (Å²) in [6.07, 6.45) is 0.853. The molecule has 2 aromatic rings. The molecule has 1 aliphatic rings. The molecule has 0 saturated heterocycles. The van der Waals surface area contributed by atoms with Gasteiger partial charge in [0.2, 0.25) is 0 Å². The van der Waals surface area contributed by atoms with Crippen LogP contribution in [0.4, 0.5) is 0 Å². The molecule has 3 rings (SSSR count). The van der Waals surface area contributed by atoms with Gasteiger partial charge in [0.25, 0.3) is 0 Å². The molecular weight excluding hydrogens is 329 g/mol. The summed E-state index contributed by atoms with van der Waals surface area (Å²) in [5.74, 6) is 2.86. The van der Waals surface area contributed by atoms with Crippen LogP contribution in [0.5, 0.6) is 5.75 Å². The van der Waals surface area contributed by atoms with Crippen LogP contribution in [0.25, 0.3) is 11.4 Å². The van der Waals surface area contributed by atoms with Crippen molar-refractivity contribution in [3.8, 4) is 17.1 Å². The van der Waals surface area contributed by atoms with E-state index in [1.165, 1.54) is 0 Å². The molecule has 112 valence electrons. The molecule has 4 nitrogen and oxygen atoms in total.